The zero-order valence-corrected chi connectivity index (χ0v) is 12.2. The molecule has 20 heavy (non-hydrogen) atoms. The van der Waals surface area contributed by atoms with Crippen LogP contribution in [0.4, 0.5) is 8.78 Å². The minimum atomic E-state index is -0.521. The van der Waals surface area contributed by atoms with Gasteiger partial charge in [-0.25, -0.2) is 8.78 Å². The van der Waals surface area contributed by atoms with E-state index in [1.165, 1.54) is 12.1 Å². The summed E-state index contributed by atoms with van der Waals surface area (Å²) < 4.78 is 28.4. The van der Waals surface area contributed by atoms with E-state index in [1.807, 2.05) is 32.0 Å². The molecule has 1 unspecified atom stereocenters. The molecule has 0 aliphatic carbocycles. The predicted molar refractivity (Wildman–Crippen MR) is 77.9 cm³/mol. The molecule has 1 N–H and O–H groups in total. The van der Waals surface area contributed by atoms with E-state index < -0.39 is 17.7 Å². The predicted octanol–water partition coefficient (Wildman–Crippen LogP) is 4.20. The summed E-state index contributed by atoms with van der Waals surface area (Å²) in [5.41, 5.74) is 3.57. The zero-order chi connectivity index (χ0) is 14.9. The highest BCUT2D eigenvalue weighted by molar-refractivity contribution is 5.41. The van der Waals surface area contributed by atoms with E-state index in [-0.39, 0.29) is 5.56 Å². The van der Waals surface area contributed by atoms with Gasteiger partial charge in [-0.3, -0.25) is 0 Å². The minimum absolute atomic E-state index is 0.0828. The number of benzene rings is 2. The lowest BCUT2D eigenvalue weighted by Crippen LogP contribution is -2.22. The van der Waals surface area contributed by atoms with Gasteiger partial charge in [0.2, 0.25) is 0 Å². The summed E-state index contributed by atoms with van der Waals surface area (Å²) in [6.45, 7) is 5.60. The molecular weight excluding hydrogens is 256 g/mol. The van der Waals surface area contributed by atoms with Gasteiger partial charge in [0.15, 0.2) is 0 Å². The maximum atomic E-state index is 14.3. The quantitative estimate of drug-likeness (QED) is 0.885. The molecule has 2 rings (SSSR count). The van der Waals surface area contributed by atoms with Crippen molar-refractivity contribution in [1.29, 1.82) is 0 Å². The van der Waals surface area contributed by atoms with E-state index >= 15 is 0 Å². The molecule has 0 radical (unpaired) electrons. The Morgan fingerprint density at radius 1 is 0.950 bits per heavy atom. The first-order valence-corrected chi connectivity index (χ1v) is 6.64. The standard InChI is InChI=1S/C17H19F2N/c1-10-5-7-13(12(3)9-10)17(20-4)15-14(18)8-6-11(2)16(15)19/h5-9,17,20H,1-4H3. The highest BCUT2D eigenvalue weighted by Gasteiger charge is 2.23. The van der Waals surface area contributed by atoms with Crippen molar-refractivity contribution in [2.75, 3.05) is 7.05 Å². The third-order valence-electron chi connectivity index (χ3n) is 3.63. The number of halogens is 2. The van der Waals surface area contributed by atoms with Crippen molar-refractivity contribution in [2.45, 2.75) is 26.8 Å². The SMILES string of the molecule is CNC(c1ccc(C)cc1C)c1c(F)ccc(C)c1F. The van der Waals surface area contributed by atoms with Crippen LogP contribution in [-0.4, -0.2) is 7.05 Å². The summed E-state index contributed by atoms with van der Waals surface area (Å²) in [6, 6.07) is 8.19. The molecule has 0 fully saturated rings. The Hall–Kier alpha value is -1.74. The zero-order valence-electron chi connectivity index (χ0n) is 12.2. The second-order valence-corrected chi connectivity index (χ2v) is 5.17. The molecule has 0 aliphatic rings. The van der Waals surface area contributed by atoms with Gasteiger partial charge in [0.1, 0.15) is 11.6 Å². The van der Waals surface area contributed by atoms with Crippen LogP contribution >= 0.6 is 0 Å². The van der Waals surface area contributed by atoms with Gasteiger partial charge in [0, 0.05) is 5.56 Å². The van der Waals surface area contributed by atoms with E-state index in [1.54, 1.807) is 14.0 Å². The largest absolute Gasteiger partial charge is 0.309 e. The smallest absolute Gasteiger partial charge is 0.134 e. The molecule has 0 aliphatic heterocycles. The molecule has 0 saturated heterocycles. The van der Waals surface area contributed by atoms with Gasteiger partial charge in [0.25, 0.3) is 0 Å². The van der Waals surface area contributed by atoms with Gasteiger partial charge >= 0.3 is 0 Å². The van der Waals surface area contributed by atoms with E-state index in [0.29, 0.717) is 5.56 Å². The van der Waals surface area contributed by atoms with Crippen LogP contribution in [0.25, 0.3) is 0 Å². The van der Waals surface area contributed by atoms with Crippen molar-refractivity contribution < 1.29 is 8.78 Å². The van der Waals surface area contributed by atoms with Crippen LogP contribution in [0.15, 0.2) is 30.3 Å². The van der Waals surface area contributed by atoms with Gasteiger partial charge in [0.05, 0.1) is 6.04 Å². The number of hydrogen-bond acceptors (Lipinski definition) is 1. The van der Waals surface area contributed by atoms with Crippen molar-refractivity contribution in [3.8, 4) is 0 Å². The average molecular weight is 275 g/mol. The molecule has 0 saturated carbocycles. The number of hydrogen-bond donors (Lipinski definition) is 1. The molecule has 0 amide bonds. The molecule has 3 heteroatoms. The van der Waals surface area contributed by atoms with Crippen LogP contribution in [0.1, 0.15) is 33.9 Å². The fraction of sp³-hybridized carbons (Fsp3) is 0.294. The summed E-state index contributed by atoms with van der Waals surface area (Å²) in [7, 11) is 1.71. The number of aryl methyl sites for hydroxylation is 3. The average Bonchev–Trinajstić information content (AvgIpc) is 2.40. The summed E-state index contributed by atoms with van der Waals surface area (Å²) in [4.78, 5) is 0. The lowest BCUT2D eigenvalue weighted by Gasteiger charge is -2.21. The minimum Gasteiger partial charge on any atom is -0.309 e. The monoisotopic (exact) mass is 275 g/mol. The molecule has 1 nitrogen and oxygen atoms in total. The molecule has 0 heterocycles. The van der Waals surface area contributed by atoms with Crippen molar-refractivity contribution in [2.24, 2.45) is 0 Å². The van der Waals surface area contributed by atoms with Gasteiger partial charge in [-0.1, -0.05) is 29.8 Å². The van der Waals surface area contributed by atoms with Crippen LogP contribution < -0.4 is 5.32 Å². The van der Waals surface area contributed by atoms with E-state index in [4.69, 9.17) is 0 Å². The lowest BCUT2D eigenvalue weighted by molar-refractivity contribution is 0.517. The summed E-state index contributed by atoms with van der Waals surface area (Å²) in [6.07, 6.45) is 0. The van der Waals surface area contributed by atoms with Gasteiger partial charge in [-0.05, 0) is 50.6 Å². The van der Waals surface area contributed by atoms with Gasteiger partial charge in [-0.2, -0.15) is 0 Å². The first-order valence-electron chi connectivity index (χ1n) is 6.64. The Kier molecular flexibility index (Phi) is 4.19. The molecule has 1 atom stereocenters. The first kappa shape index (κ1) is 14.7. The fourth-order valence-electron chi connectivity index (χ4n) is 2.55. The van der Waals surface area contributed by atoms with Crippen LogP contribution in [0.2, 0.25) is 0 Å². The summed E-state index contributed by atoms with van der Waals surface area (Å²) in [5.74, 6) is -1.00. The molecular formula is C17H19F2N. The van der Waals surface area contributed by atoms with Gasteiger partial charge in [-0.15, -0.1) is 0 Å². The van der Waals surface area contributed by atoms with Crippen LogP contribution in [-0.2, 0) is 0 Å². The van der Waals surface area contributed by atoms with Crippen molar-refractivity contribution >= 4 is 0 Å². The molecule has 2 aromatic carbocycles. The van der Waals surface area contributed by atoms with Crippen molar-refractivity contribution in [3.63, 3.8) is 0 Å². The second-order valence-electron chi connectivity index (χ2n) is 5.17. The third-order valence-corrected chi connectivity index (χ3v) is 3.63. The Balaban J connectivity index is 2.61. The van der Waals surface area contributed by atoms with Gasteiger partial charge < -0.3 is 5.32 Å². The van der Waals surface area contributed by atoms with Crippen molar-refractivity contribution in [3.05, 3.63) is 69.8 Å². The normalized spacial score (nSPS) is 12.5. The van der Waals surface area contributed by atoms with Crippen LogP contribution in [0.5, 0.6) is 0 Å². The Labute approximate surface area is 118 Å². The summed E-state index contributed by atoms with van der Waals surface area (Å²) in [5, 5.41) is 3.02. The van der Waals surface area contributed by atoms with E-state index in [2.05, 4.69) is 5.32 Å². The first-order chi connectivity index (χ1) is 9.45. The highest BCUT2D eigenvalue weighted by Crippen LogP contribution is 2.30. The Morgan fingerprint density at radius 2 is 1.65 bits per heavy atom. The lowest BCUT2D eigenvalue weighted by atomic mass is 9.92. The summed E-state index contributed by atoms with van der Waals surface area (Å²) >= 11 is 0. The molecule has 2 aromatic rings. The van der Waals surface area contributed by atoms with E-state index in [0.717, 1.165) is 16.7 Å². The number of rotatable bonds is 3. The maximum Gasteiger partial charge on any atom is 0.134 e. The second kappa shape index (κ2) is 5.71. The molecule has 106 valence electrons. The Bertz CT molecular complexity index is 635. The fourth-order valence-corrected chi connectivity index (χ4v) is 2.55. The maximum absolute atomic E-state index is 14.3. The molecule has 0 bridgehead atoms. The molecule has 0 aromatic heterocycles. The topological polar surface area (TPSA) is 12.0 Å². The van der Waals surface area contributed by atoms with Crippen molar-refractivity contribution in [1.82, 2.24) is 5.32 Å². The third kappa shape index (κ3) is 2.59. The number of nitrogens with one attached hydrogen (secondary N) is 1. The Morgan fingerprint density at radius 3 is 2.25 bits per heavy atom. The highest BCUT2D eigenvalue weighted by atomic mass is 19.1. The van der Waals surface area contributed by atoms with E-state index in [9.17, 15) is 8.78 Å². The van der Waals surface area contributed by atoms with Crippen LogP contribution in [0.3, 0.4) is 0 Å². The molecule has 0 spiro atoms. The van der Waals surface area contributed by atoms with Crippen LogP contribution in [0, 0.1) is 32.4 Å².